The zero-order chi connectivity index (χ0) is 14.6. The highest BCUT2D eigenvalue weighted by Crippen LogP contribution is 2.26. The number of carboxylic acid groups (broad SMARTS) is 1. The predicted molar refractivity (Wildman–Crippen MR) is 74.3 cm³/mol. The second-order valence-electron chi connectivity index (χ2n) is 4.85. The number of benzene rings is 1. The van der Waals surface area contributed by atoms with Gasteiger partial charge in [-0.3, -0.25) is 9.59 Å². The maximum absolute atomic E-state index is 12.2. The predicted octanol–water partition coefficient (Wildman–Crippen LogP) is 2.67. The topological polar surface area (TPSA) is 66.4 Å². The fraction of sp³-hybridized carbons (Fsp3) is 0.429. The van der Waals surface area contributed by atoms with Crippen LogP contribution >= 0.6 is 11.6 Å². The third-order valence-corrected chi connectivity index (χ3v) is 3.12. The van der Waals surface area contributed by atoms with E-state index in [9.17, 15) is 9.59 Å². The van der Waals surface area contributed by atoms with Gasteiger partial charge < -0.3 is 10.4 Å². The van der Waals surface area contributed by atoms with Gasteiger partial charge in [0.15, 0.2) is 0 Å². The van der Waals surface area contributed by atoms with Crippen LogP contribution in [0.2, 0.25) is 5.02 Å². The molecule has 0 aliphatic rings. The molecule has 0 saturated heterocycles. The zero-order valence-electron chi connectivity index (χ0n) is 11.2. The smallest absolute Gasteiger partial charge is 0.325 e. The minimum Gasteiger partial charge on any atom is -0.480 e. The third-order valence-electron chi connectivity index (χ3n) is 2.89. The first-order valence-corrected chi connectivity index (χ1v) is 6.49. The summed E-state index contributed by atoms with van der Waals surface area (Å²) in [7, 11) is 0. The van der Waals surface area contributed by atoms with Gasteiger partial charge in [-0.2, -0.15) is 0 Å². The molecule has 19 heavy (non-hydrogen) atoms. The highest BCUT2D eigenvalue weighted by molar-refractivity contribution is 6.30. The van der Waals surface area contributed by atoms with Crippen molar-refractivity contribution >= 4 is 23.5 Å². The summed E-state index contributed by atoms with van der Waals surface area (Å²) in [5.74, 6) is -1.73. The van der Waals surface area contributed by atoms with Crippen LogP contribution in [0.4, 0.5) is 0 Å². The number of hydrogen-bond donors (Lipinski definition) is 2. The lowest BCUT2D eigenvalue weighted by Crippen LogP contribution is -2.42. The van der Waals surface area contributed by atoms with Crippen LogP contribution in [0.3, 0.4) is 0 Å². The van der Waals surface area contributed by atoms with Crippen molar-refractivity contribution in [3.63, 3.8) is 0 Å². The van der Waals surface area contributed by atoms with Crippen molar-refractivity contribution in [1.82, 2.24) is 5.32 Å². The summed E-state index contributed by atoms with van der Waals surface area (Å²) in [6.45, 7) is 5.27. The molecule has 1 rings (SSSR count). The Kier molecular flexibility index (Phi) is 5.36. The number of amides is 1. The van der Waals surface area contributed by atoms with Crippen molar-refractivity contribution in [3.05, 3.63) is 34.9 Å². The van der Waals surface area contributed by atoms with Crippen molar-refractivity contribution < 1.29 is 14.7 Å². The first-order valence-electron chi connectivity index (χ1n) is 6.11. The molecule has 2 atom stereocenters. The number of carboxylic acids is 1. The average molecular weight is 284 g/mol. The molecule has 1 unspecified atom stereocenters. The van der Waals surface area contributed by atoms with Gasteiger partial charge in [0.05, 0.1) is 5.92 Å². The van der Waals surface area contributed by atoms with Crippen molar-refractivity contribution in [2.45, 2.75) is 32.7 Å². The summed E-state index contributed by atoms with van der Waals surface area (Å²) in [5, 5.41) is 11.9. The molecule has 0 radical (unpaired) electrons. The summed E-state index contributed by atoms with van der Waals surface area (Å²) < 4.78 is 0. The fourth-order valence-electron chi connectivity index (χ4n) is 1.90. The van der Waals surface area contributed by atoms with Crippen molar-refractivity contribution in [2.75, 3.05) is 0 Å². The molecule has 0 heterocycles. The monoisotopic (exact) mass is 283 g/mol. The van der Waals surface area contributed by atoms with Crippen LogP contribution in [0.15, 0.2) is 24.3 Å². The molecule has 1 aromatic carbocycles. The molecule has 0 aliphatic heterocycles. The van der Waals surface area contributed by atoms with Crippen molar-refractivity contribution in [1.29, 1.82) is 0 Å². The number of rotatable bonds is 5. The summed E-state index contributed by atoms with van der Waals surface area (Å²) in [4.78, 5) is 23.0. The maximum atomic E-state index is 12.2. The molecule has 2 N–H and O–H groups in total. The van der Waals surface area contributed by atoms with Gasteiger partial charge in [-0.1, -0.05) is 37.6 Å². The van der Waals surface area contributed by atoms with Gasteiger partial charge in [-0.05, 0) is 30.5 Å². The molecule has 0 bridgehead atoms. The maximum Gasteiger partial charge on any atom is 0.325 e. The summed E-state index contributed by atoms with van der Waals surface area (Å²) in [5.41, 5.74) is 0.789. The minimum atomic E-state index is -1.05. The number of carbonyl (C=O) groups is 2. The lowest BCUT2D eigenvalue weighted by atomic mass is 9.87. The van der Waals surface area contributed by atoms with Crippen LogP contribution in [-0.2, 0) is 9.59 Å². The molecule has 0 fully saturated rings. The zero-order valence-corrected chi connectivity index (χ0v) is 11.9. The van der Waals surface area contributed by atoms with Crippen molar-refractivity contribution in [2.24, 2.45) is 5.92 Å². The van der Waals surface area contributed by atoms with E-state index in [-0.39, 0.29) is 11.8 Å². The molecule has 1 amide bonds. The highest BCUT2D eigenvalue weighted by Gasteiger charge is 2.26. The molecule has 0 saturated carbocycles. The van der Waals surface area contributed by atoms with Crippen LogP contribution in [0.5, 0.6) is 0 Å². The van der Waals surface area contributed by atoms with Crippen LogP contribution < -0.4 is 5.32 Å². The van der Waals surface area contributed by atoms with E-state index in [0.29, 0.717) is 5.02 Å². The van der Waals surface area contributed by atoms with E-state index < -0.39 is 17.9 Å². The molecule has 4 nitrogen and oxygen atoms in total. The van der Waals surface area contributed by atoms with E-state index in [1.54, 1.807) is 18.2 Å². The molecular formula is C14H18ClNO3. The van der Waals surface area contributed by atoms with Gasteiger partial charge in [0.25, 0.3) is 0 Å². The Morgan fingerprint density at radius 1 is 1.26 bits per heavy atom. The molecule has 5 heteroatoms. The number of halogens is 1. The molecule has 0 aliphatic carbocycles. The lowest BCUT2D eigenvalue weighted by molar-refractivity contribution is -0.141. The van der Waals surface area contributed by atoms with E-state index in [2.05, 4.69) is 5.32 Å². The number of aliphatic carboxylic acids is 1. The van der Waals surface area contributed by atoms with E-state index in [0.717, 1.165) is 5.56 Å². The Balaban J connectivity index is 2.95. The van der Waals surface area contributed by atoms with Gasteiger partial charge in [-0.25, -0.2) is 0 Å². The normalized spacial score (nSPS) is 13.9. The number of hydrogen-bond acceptors (Lipinski definition) is 2. The van der Waals surface area contributed by atoms with Crippen LogP contribution in [0.25, 0.3) is 0 Å². The van der Waals surface area contributed by atoms with Gasteiger partial charge in [-0.15, -0.1) is 0 Å². The van der Waals surface area contributed by atoms with E-state index in [4.69, 9.17) is 16.7 Å². The van der Waals surface area contributed by atoms with E-state index >= 15 is 0 Å². The first kappa shape index (κ1) is 15.5. The van der Waals surface area contributed by atoms with Crippen LogP contribution in [0.1, 0.15) is 32.3 Å². The van der Waals surface area contributed by atoms with E-state index in [1.807, 2.05) is 19.9 Å². The first-order chi connectivity index (χ1) is 8.82. The Hall–Kier alpha value is -1.55. The van der Waals surface area contributed by atoms with E-state index in [1.165, 1.54) is 6.92 Å². The fourth-order valence-corrected chi connectivity index (χ4v) is 2.10. The van der Waals surface area contributed by atoms with Crippen LogP contribution in [0, 0.1) is 5.92 Å². The Bertz CT molecular complexity index is 474. The Morgan fingerprint density at radius 2 is 1.89 bits per heavy atom. The third kappa shape index (κ3) is 4.24. The largest absolute Gasteiger partial charge is 0.480 e. The second-order valence-corrected chi connectivity index (χ2v) is 5.28. The van der Waals surface area contributed by atoms with Gasteiger partial charge in [0.1, 0.15) is 6.04 Å². The summed E-state index contributed by atoms with van der Waals surface area (Å²) >= 11 is 5.93. The Morgan fingerprint density at radius 3 is 2.37 bits per heavy atom. The van der Waals surface area contributed by atoms with Gasteiger partial charge >= 0.3 is 5.97 Å². The summed E-state index contributed by atoms with van der Waals surface area (Å²) in [6.07, 6.45) is 0. The quantitative estimate of drug-likeness (QED) is 0.873. The second kappa shape index (κ2) is 6.57. The molecule has 1 aromatic rings. The SMILES string of the molecule is CC(C)C(C(=O)N[C@@H](C)C(=O)O)c1cccc(Cl)c1. The molecule has 0 aromatic heterocycles. The molecular weight excluding hydrogens is 266 g/mol. The number of nitrogens with one attached hydrogen (secondary N) is 1. The highest BCUT2D eigenvalue weighted by atomic mass is 35.5. The average Bonchev–Trinajstić information content (AvgIpc) is 2.28. The molecule has 104 valence electrons. The summed E-state index contributed by atoms with van der Waals surface area (Å²) in [6, 6.07) is 6.16. The van der Waals surface area contributed by atoms with Crippen molar-refractivity contribution in [3.8, 4) is 0 Å². The van der Waals surface area contributed by atoms with Gasteiger partial charge in [0.2, 0.25) is 5.91 Å². The number of carbonyl (C=O) groups excluding carboxylic acids is 1. The Labute approximate surface area is 117 Å². The lowest BCUT2D eigenvalue weighted by Gasteiger charge is -2.22. The van der Waals surface area contributed by atoms with Gasteiger partial charge in [0, 0.05) is 5.02 Å². The van der Waals surface area contributed by atoms with Crippen LogP contribution in [-0.4, -0.2) is 23.0 Å². The standard InChI is InChI=1S/C14H18ClNO3/c1-8(2)12(10-5-4-6-11(15)7-10)13(17)16-9(3)14(18)19/h4-9,12H,1-3H3,(H,16,17)(H,18,19)/t9-,12?/m0/s1. The molecule has 0 spiro atoms. The minimum absolute atomic E-state index is 0.0412.